The van der Waals surface area contributed by atoms with Crippen LogP contribution in [0.4, 0.5) is 0 Å². The van der Waals surface area contributed by atoms with Gasteiger partial charge >= 0.3 is 5.97 Å². The second-order valence-electron chi connectivity index (χ2n) is 4.86. The smallest absolute Gasteiger partial charge is 0.305 e. The van der Waals surface area contributed by atoms with Gasteiger partial charge in [0.25, 0.3) is 0 Å². The number of carbonyl (C=O) groups excluding carboxylic acids is 2. The maximum absolute atomic E-state index is 11.6. The molecule has 2 N–H and O–H groups in total. The first kappa shape index (κ1) is 16.9. The van der Waals surface area contributed by atoms with E-state index in [1.54, 1.807) is 11.9 Å². The molecule has 18 heavy (non-hydrogen) atoms. The molecule has 0 spiro atoms. The zero-order valence-corrected chi connectivity index (χ0v) is 11.7. The van der Waals surface area contributed by atoms with Gasteiger partial charge in [-0.3, -0.25) is 14.5 Å². The van der Waals surface area contributed by atoms with Gasteiger partial charge in [0.1, 0.15) is 0 Å². The third-order valence-electron chi connectivity index (χ3n) is 2.91. The van der Waals surface area contributed by atoms with Gasteiger partial charge in [0.05, 0.1) is 20.3 Å². The number of hydrogen-bond donors (Lipinski definition) is 2. The van der Waals surface area contributed by atoms with Crippen molar-refractivity contribution in [3.8, 4) is 0 Å². The minimum absolute atomic E-state index is 0.0148. The fourth-order valence-electron chi connectivity index (χ4n) is 1.17. The molecule has 6 nitrogen and oxygen atoms in total. The second-order valence-corrected chi connectivity index (χ2v) is 4.86. The Kier molecular flexibility index (Phi) is 7.54. The third-order valence-corrected chi connectivity index (χ3v) is 2.91. The molecule has 0 unspecified atom stereocenters. The van der Waals surface area contributed by atoms with Crippen molar-refractivity contribution in [1.29, 1.82) is 0 Å². The summed E-state index contributed by atoms with van der Waals surface area (Å²) in [5.74, 6) is -0.397. The fraction of sp³-hybridized carbons (Fsp3) is 0.833. The van der Waals surface area contributed by atoms with Crippen LogP contribution in [0.1, 0.15) is 26.7 Å². The lowest BCUT2D eigenvalue weighted by Gasteiger charge is -2.33. The molecule has 0 radical (unpaired) electrons. The first-order valence-electron chi connectivity index (χ1n) is 5.99. The lowest BCUT2D eigenvalue weighted by molar-refractivity contribution is -0.140. The van der Waals surface area contributed by atoms with Crippen LogP contribution in [0.25, 0.3) is 0 Å². The highest BCUT2D eigenvalue weighted by Gasteiger charge is 2.23. The Morgan fingerprint density at radius 1 is 1.39 bits per heavy atom. The number of rotatable bonds is 8. The van der Waals surface area contributed by atoms with E-state index >= 15 is 0 Å². The number of nitrogens with one attached hydrogen (secondary N) is 1. The Morgan fingerprint density at radius 3 is 2.50 bits per heavy atom. The molecule has 0 heterocycles. The van der Waals surface area contributed by atoms with Gasteiger partial charge in [-0.2, -0.15) is 0 Å². The largest absolute Gasteiger partial charge is 0.469 e. The quantitative estimate of drug-likeness (QED) is 0.465. The van der Waals surface area contributed by atoms with Crippen LogP contribution in [0.5, 0.6) is 0 Å². The van der Waals surface area contributed by atoms with Crippen molar-refractivity contribution in [2.45, 2.75) is 32.2 Å². The van der Waals surface area contributed by atoms with Crippen molar-refractivity contribution in [2.75, 3.05) is 33.9 Å². The highest BCUT2D eigenvalue weighted by atomic mass is 16.5. The molecule has 1 amide bonds. The van der Waals surface area contributed by atoms with Crippen LogP contribution < -0.4 is 5.32 Å². The number of aliphatic hydroxyl groups is 1. The van der Waals surface area contributed by atoms with E-state index in [0.29, 0.717) is 19.4 Å². The van der Waals surface area contributed by atoms with E-state index in [2.05, 4.69) is 10.1 Å². The first-order chi connectivity index (χ1) is 8.33. The summed E-state index contributed by atoms with van der Waals surface area (Å²) in [6, 6.07) is 0. The zero-order chi connectivity index (χ0) is 14.2. The molecule has 0 aliphatic heterocycles. The number of hydrogen-bond acceptors (Lipinski definition) is 5. The average Bonchev–Trinajstić information content (AvgIpc) is 2.34. The Labute approximate surface area is 108 Å². The number of ether oxygens (including phenoxy) is 1. The Balaban J connectivity index is 3.81. The molecule has 0 aliphatic carbocycles. The van der Waals surface area contributed by atoms with Crippen LogP contribution in [0.2, 0.25) is 0 Å². The topological polar surface area (TPSA) is 78.9 Å². The van der Waals surface area contributed by atoms with Gasteiger partial charge in [-0.15, -0.1) is 0 Å². The summed E-state index contributed by atoms with van der Waals surface area (Å²) >= 11 is 0. The Morgan fingerprint density at radius 2 is 2.00 bits per heavy atom. The molecule has 0 bridgehead atoms. The second kappa shape index (κ2) is 8.05. The summed E-state index contributed by atoms with van der Waals surface area (Å²) in [7, 11) is 3.12. The van der Waals surface area contributed by atoms with Crippen molar-refractivity contribution >= 4 is 11.9 Å². The Bertz CT molecular complexity index is 279. The van der Waals surface area contributed by atoms with E-state index in [-0.39, 0.29) is 25.0 Å². The summed E-state index contributed by atoms with van der Waals surface area (Å²) < 4.78 is 4.49. The van der Waals surface area contributed by atoms with Crippen LogP contribution in [0.15, 0.2) is 0 Å². The lowest BCUT2D eigenvalue weighted by atomic mass is 10.1. The summed E-state index contributed by atoms with van der Waals surface area (Å²) in [6.45, 7) is 4.36. The van der Waals surface area contributed by atoms with Crippen LogP contribution >= 0.6 is 0 Å². The van der Waals surface area contributed by atoms with Gasteiger partial charge in [0.15, 0.2) is 0 Å². The predicted octanol–water partition coefficient (Wildman–Crippen LogP) is -0.241. The highest BCUT2D eigenvalue weighted by Crippen LogP contribution is 2.09. The average molecular weight is 260 g/mol. The maximum atomic E-state index is 11.6. The number of carbonyl (C=O) groups is 2. The van der Waals surface area contributed by atoms with Gasteiger partial charge in [-0.1, -0.05) is 0 Å². The summed E-state index contributed by atoms with van der Waals surface area (Å²) in [4.78, 5) is 24.2. The monoisotopic (exact) mass is 260 g/mol. The molecular weight excluding hydrogens is 236 g/mol. The maximum Gasteiger partial charge on any atom is 0.305 e. The van der Waals surface area contributed by atoms with E-state index in [4.69, 9.17) is 5.11 Å². The molecule has 0 aliphatic rings. The van der Waals surface area contributed by atoms with Crippen molar-refractivity contribution in [3.05, 3.63) is 0 Å². The van der Waals surface area contributed by atoms with Crippen LogP contribution in [-0.2, 0) is 14.3 Å². The number of aliphatic hydroxyl groups excluding tert-OH is 1. The van der Waals surface area contributed by atoms with Gasteiger partial charge in [0.2, 0.25) is 5.91 Å². The Hall–Kier alpha value is -1.14. The van der Waals surface area contributed by atoms with Gasteiger partial charge in [-0.05, 0) is 27.3 Å². The standard InChI is InChI=1S/C12H24N2O4/c1-12(2,9-15)14(3)8-10(16)13-7-5-6-11(17)18-4/h15H,5-9H2,1-4H3,(H,13,16). The van der Waals surface area contributed by atoms with E-state index in [1.807, 2.05) is 13.8 Å². The van der Waals surface area contributed by atoms with Crippen molar-refractivity contribution in [2.24, 2.45) is 0 Å². The molecule has 0 atom stereocenters. The molecule has 0 aromatic rings. The number of likely N-dealkylation sites (N-methyl/N-ethyl adjacent to an activating group) is 1. The molecule has 0 fully saturated rings. The highest BCUT2D eigenvalue weighted by molar-refractivity contribution is 5.78. The van der Waals surface area contributed by atoms with Crippen LogP contribution in [-0.4, -0.2) is 61.3 Å². The van der Waals surface area contributed by atoms with E-state index in [0.717, 1.165) is 0 Å². The van der Waals surface area contributed by atoms with Gasteiger partial charge in [0, 0.05) is 18.5 Å². The number of esters is 1. The minimum atomic E-state index is -0.427. The SMILES string of the molecule is COC(=O)CCCNC(=O)CN(C)C(C)(C)CO. The molecule has 0 aromatic heterocycles. The minimum Gasteiger partial charge on any atom is -0.469 e. The van der Waals surface area contributed by atoms with Gasteiger partial charge < -0.3 is 15.2 Å². The predicted molar refractivity (Wildman–Crippen MR) is 68.1 cm³/mol. The molecule has 0 rings (SSSR count). The number of methoxy groups -OCH3 is 1. The number of amides is 1. The number of nitrogens with zero attached hydrogens (tertiary/aromatic N) is 1. The van der Waals surface area contributed by atoms with E-state index in [9.17, 15) is 9.59 Å². The van der Waals surface area contributed by atoms with Crippen molar-refractivity contribution in [1.82, 2.24) is 10.2 Å². The van der Waals surface area contributed by atoms with Crippen LogP contribution in [0.3, 0.4) is 0 Å². The summed E-state index contributed by atoms with van der Waals surface area (Å²) in [5, 5.41) is 11.9. The normalized spacial score (nSPS) is 11.4. The van der Waals surface area contributed by atoms with Crippen molar-refractivity contribution in [3.63, 3.8) is 0 Å². The molecule has 6 heteroatoms. The molecule has 106 valence electrons. The van der Waals surface area contributed by atoms with Crippen LogP contribution in [0, 0.1) is 0 Å². The molecule has 0 saturated heterocycles. The van der Waals surface area contributed by atoms with Gasteiger partial charge in [-0.25, -0.2) is 0 Å². The molecule has 0 aromatic carbocycles. The fourth-order valence-corrected chi connectivity index (χ4v) is 1.17. The first-order valence-corrected chi connectivity index (χ1v) is 5.99. The summed E-state index contributed by atoms with van der Waals surface area (Å²) in [5.41, 5.74) is -0.427. The third kappa shape index (κ3) is 6.56. The molecule has 0 saturated carbocycles. The van der Waals surface area contributed by atoms with E-state index < -0.39 is 5.54 Å². The van der Waals surface area contributed by atoms with E-state index in [1.165, 1.54) is 7.11 Å². The molecular formula is C12H24N2O4. The lowest BCUT2D eigenvalue weighted by Crippen LogP contribution is -2.48. The van der Waals surface area contributed by atoms with Crippen molar-refractivity contribution < 1.29 is 19.4 Å². The zero-order valence-electron chi connectivity index (χ0n) is 11.7. The summed E-state index contributed by atoms with van der Waals surface area (Å²) in [6.07, 6.45) is 0.861.